The summed E-state index contributed by atoms with van der Waals surface area (Å²) in [5, 5.41) is 3.51. The minimum atomic E-state index is -0.504. The molecule has 0 bridgehead atoms. The van der Waals surface area contributed by atoms with Gasteiger partial charge in [0.05, 0.1) is 0 Å². The van der Waals surface area contributed by atoms with Crippen LogP contribution in [0.1, 0.15) is 64.0 Å². The SMILES string of the molecule is CC(N[C@@H](C)C1CCCCCC1)c1cc(F)cc(F)c1. The molecule has 0 saturated heterocycles. The van der Waals surface area contributed by atoms with Crippen molar-refractivity contribution in [3.8, 4) is 0 Å². The summed E-state index contributed by atoms with van der Waals surface area (Å²) in [6, 6.07) is 4.11. The zero-order valence-corrected chi connectivity index (χ0v) is 12.5. The molecule has 1 aromatic rings. The van der Waals surface area contributed by atoms with Gasteiger partial charge in [-0.3, -0.25) is 0 Å². The molecule has 0 spiro atoms. The first-order valence-corrected chi connectivity index (χ1v) is 7.78. The van der Waals surface area contributed by atoms with Crippen LogP contribution in [-0.2, 0) is 0 Å². The van der Waals surface area contributed by atoms with Gasteiger partial charge in [0, 0.05) is 18.2 Å². The smallest absolute Gasteiger partial charge is 0.126 e. The van der Waals surface area contributed by atoms with Crippen molar-refractivity contribution in [1.29, 1.82) is 0 Å². The molecule has 0 amide bonds. The third kappa shape index (κ3) is 4.27. The van der Waals surface area contributed by atoms with Gasteiger partial charge in [-0.25, -0.2) is 8.78 Å². The summed E-state index contributed by atoms with van der Waals surface area (Å²) in [6.07, 6.45) is 7.82. The fourth-order valence-corrected chi connectivity index (χ4v) is 3.26. The molecule has 1 N–H and O–H groups in total. The molecule has 1 fully saturated rings. The number of nitrogens with one attached hydrogen (secondary N) is 1. The van der Waals surface area contributed by atoms with Crippen molar-refractivity contribution in [3.05, 3.63) is 35.4 Å². The molecule has 1 saturated carbocycles. The zero-order chi connectivity index (χ0) is 14.5. The average Bonchev–Trinajstić information content (AvgIpc) is 2.66. The van der Waals surface area contributed by atoms with E-state index >= 15 is 0 Å². The van der Waals surface area contributed by atoms with Crippen molar-refractivity contribution in [2.45, 2.75) is 64.5 Å². The van der Waals surface area contributed by atoms with E-state index in [1.165, 1.54) is 50.7 Å². The number of halogens is 2. The van der Waals surface area contributed by atoms with E-state index in [0.29, 0.717) is 17.5 Å². The Balaban J connectivity index is 1.97. The summed E-state index contributed by atoms with van der Waals surface area (Å²) >= 11 is 0. The molecular weight excluding hydrogens is 256 g/mol. The summed E-state index contributed by atoms with van der Waals surface area (Å²) in [6.45, 7) is 4.17. The molecule has 2 rings (SSSR count). The Kier molecular flexibility index (Phi) is 5.53. The first-order valence-electron chi connectivity index (χ1n) is 7.78. The van der Waals surface area contributed by atoms with Gasteiger partial charge in [0.1, 0.15) is 11.6 Å². The Bertz CT molecular complexity index is 405. The molecular formula is C17H25F2N. The highest BCUT2D eigenvalue weighted by Gasteiger charge is 2.21. The molecule has 1 nitrogen and oxygen atoms in total. The van der Waals surface area contributed by atoms with Gasteiger partial charge in [-0.05, 0) is 50.3 Å². The lowest BCUT2D eigenvalue weighted by Gasteiger charge is -2.27. The molecule has 1 unspecified atom stereocenters. The van der Waals surface area contributed by atoms with Gasteiger partial charge in [-0.1, -0.05) is 25.7 Å². The second-order valence-electron chi connectivity index (χ2n) is 6.13. The maximum Gasteiger partial charge on any atom is 0.126 e. The van der Waals surface area contributed by atoms with Crippen LogP contribution >= 0.6 is 0 Å². The Morgan fingerprint density at radius 3 is 2.05 bits per heavy atom. The molecule has 1 aromatic carbocycles. The van der Waals surface area contributed by atoms with Crippen molar-refractivity contribution >= 4 is 0 Å². The number of rotatable bonds is 4. The van der Waals surface area contributed by atoms with E-state index in [4.69, 9.17) is 0 Å². The predicted octanol–water partition coefficient (Wildman–Crippen LogP) is 4.97. The van der Waals surface area contributed by atoms with Crippen molar-refractivity contribution in [1.82, 2.24) is 5.32 Å². The summed E-state index contributed by atoms with van der Waals surface area (Å²) in [5.74, 6) is -0.329. The van der Waals surface area contributed by atoms with Gasteiger partial charge in [0.2, 0.25) is 0 Å². The van der Waals surface area contributed by atoms with Crippen molar-refractivity contribution in [2.75, 3.05) is 0 Å². The van der Waals surface area contributed by atoms with Crippen LogP contribution in [0.3, 0.4) is 0 Å². The van der Waals surface area contributed by atoms with Crippen molar-refractivity contribution in [3.63, 3.8) is 0 Å². The molecule has 0 radical (unpaired) electrons. The van der Waals surface area contributed by atoms with E-state index in [-0.39, 0.29) is 6.04 Å². The fourth-order valence-electron chi connectivity index (χ4n) is 3.26. The van der Waals surface area contributed by atoms with Gasteiger partial charge < -0.3 is 5.32 Å². The minimum Gasteiger partial charge on any atom is -0.307 e. The normalized spacial score (nSPS) is 20.4. The minimum absolute atomic E-state index is 0.0292. The maximum absolute atomic E-state index is 13.3. The maximum atomic E-state index is 13.3. The lowest BCUT2D eigenvalue weighted by Crippen LogP contribution is -2.35. The van der Waals surface area contributed by atoms with E-state index in [1.54, 1.807) is 0 Å². The average molecular weight is 281 g/mol. The lowest BCUT2D eigenvalue weighted by atomic mass is 9.92. The Labute approximate surface area is 120 Å². The zero-order valence-electron chi connectivity index (χ0n) is 12.5. The van der Waals surface area contributed by atoms with Crippen LogP contribution in [0, 0.1) is 17.6 Å². The Morgan fingerprint density at radius 2 is 1.50 bits per heavy atom. The third-order valence-corrected chi connectivity index (χ3v) is 4.50. The van der Waals surface area contributed by atoms with Crippen LogP contribution in [0.4, 0.5) is 8.78 Å². The van der Waals surface area contributed by atoms with Crippen LogP contribution < -0.4 is 5.32 Å². The second-order valence-corrected chi connectivity index (χ2v) is 6.13. The van der Waals surface area contributed by atoms with Crippen LogP contribution in [0.15, 0.2) is 18.2 Å². The molecule has 0 heterocycles. The molecule has 0 aliphatic heterocycles. The number of hydrogen-bond acceptors (Lipinski definition) is 1. The quantitative estimate of drug-likeness (QED) is 0.768. The van der Waals surface area contributed by atoms with Gasteiger partial charge in [-0.2, -0.15) is 0 Å². The molecule has 20 heavy (non-hydrogen) atoms. The van der Waals surface area contributed by atoms with Crippen molar-refractivity contribution < 1.29 is 8.78 Å². The van der Waals surface area contributed by atoms with E-state index in [9.17, 15) is 8.78 Å². The summed E-state index contributed by atoms with van der Waals surface area (Å²) in [7, 11) is 0. The monoisotopic (exact) mass is 281 g/mol. The molecule has 0 aromatic heterocycles. The summed E-state index contributed by atoms with van der Waals surface area (Å²) in [5.41, 5.74) is 0.683. The molecule has 3 heteroatoms. The van der Waals surface area contributed by atoms with E-state index < -0.39 is 11.6 Å². The van der Waals surface area contributed by atoms with Gasteiger partial charge in [-0.15, -0.1) is 0 Å². The standard InChI is InChI=1S/C17H25F2N/c1-12(14-7-5-3-4-6-8-14)20-13(2)15-9-16(18)11-17(19)10-15/h9-14,20H,3-8H2,1-2H3/t12-,13?/m0/s1. The first kappa shape index (κ1) is 15.4. The summed E-state index contributed by atoms with van der Waals surface area (Å²) in [4.78, 5) is 0. The van der Waals surface area contributed by atoms with Crippen LogP contribution in [0.5, 0.6) is 0 Å². The van der Waals surface area contributed by atoms with Gasteiger partial charge in [0.25, 0.3) is 0 Å². The van der Waals surface area contributed by atoms with Gasteiger partial charge in [0.15, 0.2) is 0 Å². The fraction of sp³-hybridized carbons (Fsp3) is 0.647. The number of benzene rings is 1. The largest absolute Gasteiger partial charge is 0.307 e. The van der Waals surface area contributed by atoms with Crippen LogP contribution in [-0.4, -0.2) is 6.04 Å². The van der Waals surface area contributed by atoms with Crippen molar-refractivity contribution in [2.24, 2.45) is 5.92 Å². The highest BCUT2D eigenvalue weighted by molar-refractivity contribution is 5.21. The second kappa shape index (κ2) is 7.16. The summed E-state index contributed by atoms with van der Waals surface area (Å²) < 4.78 is 26.5. The Morgan fingerprint density at radius 1 is 0.950 bits per heavy atom. The predicted molar refractivity (Wildman–Crippen MR) is 78.6 cm³/mol. The highest BCUT2D eigenvalue weighted by atomic mass is 19.1. The topological polar surface area (TPSA) is 12.0 Å². The van der Waals surface area contributed by atoms with E-state index in [0.717, 1.165) is 6.07 Å². The molecule has 112 valence electrons. The lowest BCUT2D eigenvalue weighted by molar-refractivity contribution is 0.316. The van der Waals surface area contributed by atoms with Crippen LogP contribution in [0.25, 0.3) is 0 Å². The molecule has 1 aliphatic rings. The third-order valence-electron chi connectivity index (χ3n) is 4.50. The van der Waals surface area contributed by atoms with E-state index in [2.05, 4.69) is 12.2 Å². The van der Waals surface area contributed by atoms with Gasteiger partial charge >= 0.3 is 0 Å². The number of hydrogen-bond donors (Lipinski definition) is 1. The first-order chi connectivity index (χ1) is 9.56. The van der Waals surface area contributed by atoms with E-state index in [1.807, 2.05) is 6.92 Å². The molecule has 2 atom stereocenters. The highest BCUT2D eigenvalue weighted by Crippen LogP contribution is 2.27. The Hall–Kier alpha value is -0.960. The molecule has 1 aliphatic carbocycles. The van der Waals surface area contributed by atoms with Crippen LogP contribution in [0.2, 0.25) is 0 Å².